The molecule has 3 rings (SSSR count). The SMILES string of the molecule is Cc1ccc(C)c(C(=O)c2ccc(NC(=O)c3ccc([N+](=O)[O-])cc3)cc2)c1. The lowest BCUT2D eigenvalue weighted by Crippen LogP contribution is -2.12. The number of anilines is 1. The van der Waals surface area contributed by atoms with Crippen molar-refractivity contribution >= 4 is 23.1 Å². The minimum Gasteiger partial charge on any atom is -0.322 e. The normalized spacial score (nSPS) is 10.4. The second-order valence-corrected chi connectivity index (χ2v) is 6.48. The molecule has 1 N–H and O–H groups in total. The van der Waals surface area contributed by atoms with E-state index in [1.165, 1.54) is 24.3 Å². The summed E-state index contributed by atoms with van der Waals surface area (Å²) in [6, 6.07) is 17.7. The molecule has 0 aliphatic rings. The van der Waals surface area contributed by atoms with Gasteiger partial charge in [0.2, 0.25) is 0 Å². The van der Waals surface area contributed by atoms with E-state index in [2.05, 4.69) is 5.32 Å². The van der Waals surface area contributed by atoms with Gasteiger partial charge in [0.25, 0.3) is 11.6 Å². The van der Waals surface area contributed by atoms with Crippen molar-refractivity contribution in [1.29, 1.82) is 0 Å². The molecule has 3 aromatic carbocycles. The predicted molar refractivity (Wildman–Crippen MR) is 107 cm³/mol. The summed E-state index contributed by atoms with van der Waals surface area (Å²) in [7, 11) is 0. The molecule has 0 atom stereocenters. The van der Waals surface area contributed by atoms with Crippen LogP contribution in [0.15, 0.2) is 66.7 Å². The Hall–Kier alpha value is -3.80. The molecule has 6 heteroatoms. The maximum absolute atomic E-state index is 12.7. The molecule has 0 spiro atoms. The van der Waals surface area contributed by atoms with Gasteiger partial charge >= 0.3 is 0 Å². The highest BCUT2D eigenvalue weighted by molar-refractivity contribution is 6.10. The lowest BCUT2D eigenvalue weighted by molar-refractivity contribution is -0.384. The van der Waals surface area contributed by atoms with E-state index in [1.807, 2.05) is 32.0 Å². The molecule has 0 bridgehead atoms. The highest BCUT2D eigenvalue weighted by Gasteiger charge is 2.13. The summed E-state index contributed by atoms with van der Waals surface area (Å²) in [5.74, 6) is -0.460. The van der Waals surface area contributed by atoms with Gasteiger partial charge in [-0.3, -0.25) is 19.7 Å². The van der Waals surface area contributed by atoms with E-state index < -0.39 is 4.92 Å². The average Bonchev–Trinajstić information content (AvgIpc) is 2.70. The number of non-ortho nitro benzene ring substituents is 1. The molecule has 0 saturated heterocycles. The van der Waals surface area contributed by atoms with Gasteiger partial charge in [0.05, 0.1) is 4.92 Å². The highest BCUT2D eigenvalue weighted by Crippen LogP contribution is 2.19. The minimum absolute atomic E-state index is 0.0746. The number of nitrogens with one attached hydrogen (secondary N) is 1. The Kier molecular flexibility index (Phi) is 5.31. The molecule has 0 saturated carbocycles. The molecule has 0 radical (unpaired) electrons. The van der Waals surface area contributed by atoms with Crippen molar-refractivity contribution < 1.29 is 14.5 Å². The number of amides is 1. The van der Waals surface area contributed by atoms with Crippen LogP contribution in [0, 0.1) is 24.0 Å². The third kappa shape index (κ3) is 4.12. The van der Waals surface area contributed by atoms with E-state index in [0.29, 0.717) is 22.4 Å². The molecule has 3 aromatic rings. The zero-order valence-corrected chi connectivity index (χ0v) is 15.4. The second kappa shape index (κ2) is 7.84. The molecule has 0 unspecified atom stereocenters. The van der Waals surface area contributed by atoms with Gasteiger partial charge in [-0.25, -0.2) is 0 Å². The van der Waals surface area contributed by atoms with Crippen molar-refractivity contribution in [3.63, 3.8) is 0 Å². The van der Waals surface area contributed by atoms with Crippen LogP contribution in [0.3, 0.4) is 0 Å². The minimum atomic E-state index is -0.520. The van der Waals surface area contributed by atoms with Gasteiger partial charge in [0.15, 0.2) is 5.78 Å². The second-order valence-electron chi connectivity index (χ2n) is 6.48. The standard InChI is InChI=1S/C22H18N2O4/c1-14-3-4-15(2)20(13-14)21(25)16-5-9-18(10-6-16)23-22(26)17-7-11-19(12-8-17)24(27)28/h3-13H,1-2H3,(H,23,26). The maximum atomic E-state index is 12.7. The fourth-order valence-corrected chi connectivity index (χ4v) is 2.78. The van der Waals surface area contributed by atoms with Gasteiger partial charge in [-0.05, 0) is 61.9 Å². The number of carbonyl (C=O) groups excluding carboxylic acids is 2. The van der Waals surface area contributed by atoms with Gasteiger partial charge in [-0.2, -0.15) is 0 Å². The number of carbonyl (C=O) groups is 2. The van der Waals surface area contributed by atoms with Gasteiger partial charge in [0.1, 0.15) is 0 Å². The molecule has 28 heavy (non-hydrogen) atoms. The Labute approximate surface area is 162 Å². The van der Waals surface area contributed by atoms with Crippen LogP contribution in [0.1, 0.15) is 37.4 Å². The predicted octanol–water partition coefficient (Wildman–Crippen LogP) is 4.69. The van der Waals surface area contributed by atoms with Crippen molar-refractivity contribution in [2.75, 3.05) is 5.32 Å². The van der Waals surface area contributed by atoms with Gasteiger partial charge < -0.3 is 5.32 Å². The zero-order chi connectivity index (χ0) is 20.3. The van der Waals surface area contributed by atoms with Gasteiger partial charge in [0, 0.05) is 34.5 Å². The summed E-state index contributed by atoms with van der Waals surface area (Å²) in [6.45, 7) is 3.83. The van der Waals surface area contributed by atoms with Crippen LogP contribution in [-0.2, 0) is 0 Å². The van der Waals surface area contributed by atoms with E-state index in [4.69, 9.17) is 0 Å². The van der Waals surface area contributed by atoms with E-state index in [1.54, 1.807) is 24.3 Å². The van der Waals surface area contributed by atoms with E-state index in [-0.39, 0.29) is 17.4 Å². The number of ketones is 1. The molecular formula is C22H18N2O4. The molecule has 140 valence electrons. The van der Waals surface area contributed by atoms with Crippen molar-refractivity contribution in [1.82, 2.24) is 0 Å². The number of hydrogen-bond acceptors (Lipinski definition) is 4. The Morgan fingerprint density at radius 3 is 2.07 bits per heavy atom. The summed E-state index contributed by atoms with van der Waals surface area (Å²) < 4.78 is 0. The monoisotopic (exact) mass is 374 g/mol. The summed E-state index contributed by atoms with van der Waals surface area (Å²) >= 11 is 0. The molecule has 0 aliphatic carbocycles. The van der Waals surface area contributed by atoms with Crippen molar-refractivity contribution in [2.45, 2.75) is 13.8 Å². The Balaban J connectivity index is 1.73. The number of nitro groups is 1. The van der Waals surface area contributed by atoms with Gasteiger partial charge in [-0.15, -0.1) is 0 Å². The maximum Gasteiger partial charge on any atom is 0.269 e. The Morgan fingerprint density at radius 2 is 1.46 bits per heavy atom. The first-order chi connectivity index (χ1) is 13.3. The molecule has 0 fully saturated rings. The topological polar surface area (TPSA) is 89.3 Å². The smallest absolute Gasteiger partial charge is 0.269 e. The molecule has 6 nitrogen and oxygen atoms in total. The van der Waals surface area contributed by atoms with Crippen LogP contribution in [0.2, 0.25) is 0 Å². The fraction of sp³-hybridized carbons (Fsp3) is 0.0909. The van der Waals surface area contributed by atoms with E-state index in [9.17, 15) is 19.7 Å². The zero-order valence-electron chi connectivity index (χ0n) is 15.4. The molecule has 0 aromatic heterocycles. The molecule has 0 aliphatic heterocycles. The average molecular weight is 374 g/mol. The quantitative estimate of drug-likeness (QED) is 0.398. The van der Waals surface area contributed by atoms with Crippen LogP contribution in [-0.4, -0.2) is 16.6 Å². The number of aryl methyl sites for hydroxylation is 2. The fourth-order valence-electron chi connectivity index (χ4n) is 2.78. The summed E-state index contributed by atoms with van der Waals surface area (Å²) in [5, 5.41) is 13.4. The number of rotatable bonds is 5. The van der Waals surface area contributed by atoms with Crippen LogP contribution in [0.4, 0.5) is 11.4 Å². The van der Waals surface area contributed by atoms with E-state index >= 15 is 0 Å². The summed E-state index contributed by atoms with van der Waals surface area (Å²) in [6.07, 6.45) is 0. The van der Waals surface area contributed by atoms with E-state index in [0.717, 1.165) is 11.1 Å². The summed E-state index contributed by atoms with van der Waals surface area (Å²) in [4.78, 5) is 35.1. The Morgan fingerprint density at radius 1 is 0.857 bits per heavy atom. The third-order valence-corrected chi connectivity index (χ3v) is 4.38. The number of benzene rings is 3. The first kappa shape index (κ1) is 19.0. The summed E-state index contributed by atoms with van der Waals surface area (Å²) in [5.41, 5.74) is 3.87. The largest absolute Gasteiger partial charge is 0.322 e. The van der Waals surface area contributed by atoms with Crippen molar-refractivity contribution in [3.05, 3.63) is 105 Å². The number of nitrogens with zero attached hydrogens (tertiary/aromatic N) is 1. The lowest BCUT2D eigenvalue weighted by Gasteiger charge is -2.08. The molecular weight excluding hydrogens is 356 g/mol. The molecule has 0 heterocycles. The third-order valence-electron chi connectivity index (χ3n) is 4.38. The first-order valence-electron chi connectivity index (χ1n) is 8.63. The van der Waals surface area contributed by atoms with Crippen molar-refractivity contribution in [3.8, 4) is 0 Å². The first-order valence-corrected chi connectivity index (χ1v) is 8.63. The Bertz CT molecular complexity index is 1050. The highest BCUT2D eigenvalue weighted by atomic mass is 16.6. The van der Waals surface area contributed by atoms with Gasteiger partial charge in [-0.1, -0.05) is 17.7 Å². The van der Waals surface area contributed by atoms with Crippen LogP contribution < -0.4 is 5.32 Å². The lowest BCUT2D eigenvalue weighted by atomic mass is 9.97. The van der Waals surface area contributed by atoms with Crippen molar-refractivity contribution in [2.24, 2.45) is 0 Å². The molecule has 1 amide bonds. The number of hydrogen-bond donors (Lipinski definition) is 1. The van der Waals surface area contributed by atoms with Crippen LogP contribution >= 0.6 is 0 Å². The van der Waals surface area contributed by atoms with Crippen LogP contribution in [0.25, 0.3) is 0 Å². The number of nitro benzene ring substituents is 1. The van der Waals surface area contributed by atoms with Crippen LogP contribution in [0.5, 0.6) is 0 Å².